The van der Waals surface area contributed by atoms with E-state index in [1.165, 1.54) is 0 Å². The van der Waals surface area contributed by atoms with Gasteiger partial charge in [0, 0.05) is 17.8 Å². The maximum absolute atomic E-state index is 12.6. The highest BCUT2D eigenvalue weighted by molar-refractivity contribution is 6.25. The molecule has 0 unspecified atom stereocenters. The minimum Gasteiger partial charge on any atom is -0.497 e. The topological polar surface area (TPSA) is 67.9 Å². The molecule has 6 nitrogen and oxygen atoms in total. The van der Waals surface area contributed by atoms with Gasteiger partial charge in [0.05, 0.1) is 18.2 Å². The molecule has 0 radical (unpaired) electrons. The molecule has 130 valence electrons. The van der Waals surface area contributed by atoms with E-state index in [9.17, 15) is 9.59 Å². The van der Waals surface area contributed by atoms with Crippen molar-refractivity contribution in [2.24, 2.45) is 0 Å². The van der Waals surface area contributed by atoms with Crippen LogP contribution in [-0.2, 0) is 0 Å². The van der Waals surface area contributed by atoms with Crippen LogP contribution in [0.25, 0.3) is 10.8 Å². The van der Waals surface area contributed by atoms with Crippen molar-refractivity contribution < 1.29 is 19.1 Å². The monoisotopic (exact) mass is 348 g/mol. The highest BCUT2D eigenvalue weighted by Gasteiger charge is 2.32. The molecule has 3 aromatic carbocycles. The maximum atomic E-state index is 12.6. The molecule has 0 bridgehead atoms. The van der Waals surface area contributed by atoms with Crippen LogP contribution < -0.4 is 14.9 Å². The average molecular weight is 348 g/mol. The third-order valence-electron chi connectivity index (χ3n) is 4.38. The third-order valence-corrected chi connectivity index (χ3v) is 4.38. The Morgan fingerprint density at radius 3 is 2.15 bits per heavy atom. The number of nitrogens with one attached hydrogen (secondary N) is 1. The summed E-state index contributed by atoms with van der Waals surface area (Å²) in [5, 5.41) is 2.34. The van der Waals surface area contributed by atoms with Gasteiger partial charge in [0.25, 0.3) is 11.8 Å². The van der Waals surface area contributed by atoms with Gasteiger partial charge < -0.3 is 9.47 Å². The molecule has 26 heavy (non-hydrogen) atoms. The fourth-order valence-corrected chi connectivity index (χ4v) is 3.13. The molecule has 0 saturated carbocycles. The number of ether oxygens (including phenoxy) is 2. The minimum atomic E-state index is -0.378. The molecule has 3 aromatic rings. The fourth-order valence-electron chi connectivity index (χ4n) is 3.13. The summed E-state index contributed by atoms with van der Waals surface area (Å²) in [5.74, 6) is 1.19. The van der Waals surface area contributed by atoms with Gasteiger partial charge in [0.1, 0.15) is 17.2 Å². The van der Waals surface area contributed by atoms with Gasteiger partial charge in [0.15, 0.2) is 0 Å². The molecule has 0 spiro atoms. The van der Waals surface area contributed by atoms with E-state index in [4.69, 9.17) is 9.47 Å². The second-order valence-corrected chi connectivity index (χ2v) is 5.79. The first-order valence-electron chi connectivity index (χ1n) is 8.08. The average Bonchev–Trinajstić information content (AvgIpc) is 2.68. The summed E-state index contributed by atoms with van der Waals surface area (Å²) in [6.45, 7) is 0. The number of carbonyl (C=O) groups excluding carboxylic acids is 2. The Hall–Kier alpha value is -3.38. The number of hydrogen-bond acceptors (Lipinski definition) is 5. The summed E-state index contributed by atoms with van der Waals surface area (Å²) >= 11 is 0. The van der Waals surface area contributed by atoms with Gasteiger partial charge in [-0.2, -0.15) is 0 Å². The standard InChI is InChI=1S/C20H16N2O4/c1-21-22-19(23)15-5-3-4-14-17(11-10-16(18(14)15)20(22)24)26-13-8-6-12(25-2)7-9-13/h3-11,21H,1-2H3. The van der Waals surface area contributed by atoms with E-state index in [1.54, 1.807) is 62.7 Å². The van der Waals surface area contributed by atoms with Crippen LogP contribution in [0.3, 0.4) is 0 Å². The Labute approximate surface area is 149 Å². The molecule has 6 heteroatoms. The van der Waals surface area contributed by atoms with E-state index in [0.717, 1.165) is 10.8 Å². The van der Waals surface area contributed by atoms with Crippen LogP contribution in [0.2, 0.25) is 0 Å². The van der Waals surface area contributed by atoms with E-state index < -0.39 is 0 Å². The van der Waals surface area contributed by atoms with Crippen molar-refractivity contribution >= 4 is 22.6 Å². The maximum Gasteiger partial charge on any atom is 0.275 e. The van der Waals surface area contributed by atoms with Gasteiger partial charge in [-0.3, -0.25) is 9.59 Å². The smallest absolute Gasteiger partial charge is 0.275 e. The molecule has 4 rings (SSSR count). The summed E-state index contributed by atoms with van der Waals surface area (Å²) in [5.41, 5.74) is 3.57. The SMILES string of the molecule is CNN1C(=O)c2cccc3c(Oc4ccc(OC)cc4)ccc(c23)C1=O. The summed E-state index contributed by atoms with van der Waals surface area (Å²) < 4.78 is 11.1. The predicted molar refractivity (Wildman–Crippen MR) is 96.6 cm³/mol. The number of hydrazine groups is 1. The number of methoxy groups -OCH3 is 1. The predicted octanol–water partition coefficient (Wildman–Crippen LogP) is 3.37. The largest absolute Gasteiger partial charge is 0.497 e. The number of carbonyl (C=O) groups is 2. The van der Waals surface area contributed by atoms with Gasteiger partial charge in [-0.05, 0) is 42.5 Å². The molecule has 0 saturated heterocycles. The van der Waals surface area contributed by atoms with Crippen LogP contribution in [0.15, 0.2) is 54.6 Å². The van der Waals surface area contributed by atoms with Gasteiger partial charge in [-0.15, -0.1) is 0 Å². The van der Waals surface area contributed by atoms with Crippen molar-refractivity contribution in [3.8, 4) is 17.2 Å². The lowest BCUT2D eigenvalue weighted by atomic mass is 9.94. The Kier molecular flexibility index (Phi) is 3.82. The number of benzene rings is 3. The molecule has 1 N–H and O–H groups in total. The summed E-state index contributed by atoms with van der Waals surface area (Å²) in [6.07, 6.45) is 0. The second kappa shape index (κ2) is 6.16. The van der Waals surface area contributed by atoms with Crippen molar-refractivity contribution in [2.45, 2.75) is 0 Å². The molecule has 1 heterocycles. The Morgan fingerprint density at radius 2 is 1.50 bits per heavy atom. The van der Waals surface area contributed by atoms with Crippen LogP contribution in [-0.4, -0.2) is 31.0 Å². The highest BCUT2D eigenvalue weighted by Crippen LogP contribution is 2.37. The van der Waals surface area contributed by atoms with E-state index in [1.807, 2.05) is 6.07 Å². The lowest BCUT2D eigenvalue weighted by molar-refractivity contribution is 0.0540. The van der Waals surface area contributed by atoms with Crippen LogP contribution in [0.4, 0.5) is 0 Å². The number of amides is 2. The highest BCUT2D eigenvalue weighted by atomic mass is 16.5. The van der Waals surface area contributed by atoms with E-state index in [2.05, 4.69) is 5.43 Å². The van der Waals surface area contributed by atoms with Crippen molar-refractivity contribution in [1.82, 2.24) is 10.4 Å². The molecular formula is C20H16N2O4. The fraction of sp³-hybridized carbons (Fsp3) is 0.100. The third kappa shape index (κ3) is 2.39. The molecule has 2 amide bonds. The van der Waals surface area contributed by atoms with Gasteiger partial charge >= 0.3 is 0 Å². The second-order valence-electron chi connectivity index (χ2n) is 5.79. The zero-order chi connectivity index (χ0) is 18.3. The molecule has 0 aliphatic carbocycles. The lowest BCUT2D eigenvalue weighted by Crippen LogP contribution is -2.47. The van der Waals surface area contributed by atoms with E-state index in [0.29, 0.717) is 33.4 Å². The number of nitrogens with zero attached hydrogens (tertiary/aromatic N) is 1. The summed E-state index contributed by atoms with van der Waals surface area (Å²) in [4.78, 5) is 25.1. The number of imide groups is 1. The van der Waals surface area contributed by atoms with Crippen molar-refractivity contribution in [3.63, 3.8) is 0 Å². The van der Waals surface area contributed by atoms with Crippen molar-refractivity contribution in [1.29, 1.82) is 0 Å². The molecule has 0 aromatic heterocycles. The zero-order valence-electron chi connectivity index (χ0n) is 14.3. The molecule has 1 aliphatic rings. The summed E-state index contributed by atoms with van der Waals surface area (Å²) in [7, 11) is 3.15. The van der Waals surface area contributed by atoms with Crippen LogP contribution in [0.1, 0.15) is 20.7 Å². The van der Waals surface area contributed by atoms with Crippen LogP contribution >= 0.6 is 0 Å². The molecular weight excluding hydrogens is 332 g/mol. The van der Waals surface area contributed by atoms with Crippen molar-refractivity contribution in [2.75, 3.05) is 14.2 Å². The van der Waals surface area contributed by atoms with Gasteiger partial charge in [0.2, 0.25) is 0 Å². The first-order chi connectivity index (χ1) is 12.6. The molecule has 1 aliphatic heterocycles. The number of hydrogen-bond donors (Lipinski definition) is 1. The van der Waals surface area contributed by atoms with Crippen LogP contribution in [0, 0.1) is 0 Å². The Morgan fingerprint density at radius 1 is 0.846 bits per heavy atom. The lowest BCUT2D eigenvalue weighted by Gasteiger charge is -2.26. The quantitative estimate of drug-likeness (QED) is 0.732. The van der Waals surface area contributed by atoms with Gasteiger partial charge in [-0.25, -0.2) is 10.4 Å². The zero-order valence-corrected chi connectivity index (χ0v) is 14.3. The normalized spacial score (nSPS) is 13.2. The molecule has 0 fully saturated rings. The van der Waals surface area contributed by atoms with Crippen LogP contribution in [0.5, 0.6) is 17.2 Å². The van der Waals surface area contributed by atoms with Gasteiger partial charge in [-0.1, -0.05) is 12.1 Å². The Balaban J connectivity index is 1.84. The number of rotatable bonds is 4. The van der Waals surface area contributed by atoms with Crippen molar-refractivity contribution in [3.05, 3.63) is 65.7 Å². The Bertz CT molecular complexity index is 1010. The van der Waals surface area contributed by atoms with E-state index in [-0.39, 0.29) is 11.8 Å². The van der Waals surface area contributed by atoms with E-state index >= 15 is 0 Å². The molecule has 0 atom stereocenters. The summed E-state index contributed by atoms with van der Waals surface area (Å²) in [6, 6.07) is 16.0. The minimum absolute atomic E-state index is 0.378. The first-order valence-corrected chi connectivity index (χ1v) is 8.08. The first kappa shape index (κ1) is 16.1.